The third kappa shape index (κ3) is 2.71. The number of nitrogens with zero attached hydrogens (tertiary/aromatic N) is 1. The number of hydrogen-bond donors (Lipinski definition) is 3. The van der Waals surface area contributed by atoms with Gasteiger partial charge in [0.05, 0.1) is 11.3 Å². The number of hydrazine groups is 1. The quantitative estimate of drug-likeness (QED) is 0.384. The minimum atomic E-state index is -0.177. The monoisotopic (exact) mass is 251 g/mol. The van der Waals surface area contributed by atoms with Crippen molar-refractivity contribution >= 4 is 24.1 Å². The summed E-state index contributed by atoms with van der Waals surface area (Å²) < 4.78 is 0. The molecule has 6 heteroatoms. The highest BCUT2D eigenvalue weighted by atomic mass is 16.3. The number of aldehydes is 1. The molecule has 0 atom stereocenters. The highest BCUT2D eigenvalue weighted by Crippen LogP contribution is 2.36. The van der Waals surface area contributed by atoms with Crippen LogP contribution in [0.25, 0.3) is 0 Å². The molecule has 0 fully saturated rings. The van der Waals surface area contributed by atoms with Gasteiger partial charge in [-0.25, -0.2) is 0 Å². The van der Waals surface area contributed by atoms with Gasteiger partial charge in [-0.15, -0.1) is 0 Å². The Balaban J connectivity index is 3.26. The standard InChI is InChI=1S/C12H17N3O3/c1-3-15(4-2)10-6-5-9(7-16)12(18)11(10)14-13-8-17/h5-8,14,18H,3-4H2,1-2H3,(H,13,17). The number of anilines is 2. The first-order valence-corrected chi connectivity index (χ1v) is 5.70. The van der Waals surface area contributed by atoms with Gasteiger partial charge in [-0.3, -0.25) is 20.4 Å². The van der Waals surface area contributed by atoms with Crippen LogP contribution in [-0.4, -0.2) is 30.9 Å². The summed E-state index contributed by atoms with van der Waals surface area (Å²) in [6, 6.07) is 3.27. The maximum Gasteiger partial charge on any atom is 0.225 e. The predicted octanol–water partition coefficient (Wildman–Crippen LogP) is 1.12. The number of phenols is 1. The third-order valence-corrected chi connectivity index (χ3v) is 2.67. The minimum absolute atomic E-state index is 0.168. The van der Waals surface area contributed by atoms with Crippen LogP contribution in [-0.2, 0) is 4.79 Å². The molecular formula is C12H17N3O3. The first-order valence-electron chi connectivity index (χ1n) is 5.70. The lowest BCUT2D eigenvalue weighted by Gasteiger charge is -2.25. The van der Waals surface area contributed by atoms with Crippen LogP contribution >= 0.6 is 0 Å². The Bertz CT molecular complexity index is 431. The summed E-state index contributed by atoms with van der Waals surface area (Å²) in [4.78, 5) is 23.1. The molecule has 0 unspecified atom stereocenters. The molecule has 0 aliphatic carbocycles. The van der Waals surface area contributed by atoms with E-state index in [1.807, 2.05) is 18.7 Å². The number of rotatable bonds is 7. The normalized spacial score (nSPS) is 9.67. The van der Waals surface area contributed by atoms with Gasteiger partial charge in [0.25, 0.3) is 0 Å². The van der Waals surface area contributed by atoms with Crippen LogP contribution in [0.3, 0.4) is 0 Å². The third-order valence-electron chi connectivity index (χ3n) is 2.67. The van der Waals surface area contributed by atoms with Crippen LogP contribution in [0.5, 0.6) is 5.75 Å². The number of benzene rings is 1. The Hall–Kier alpha value is -2.24. The summed E-state index contributed by atoms with van der Waals surface area (Å²) in [5.41, 5.74) is 6.06. The van der Waals surface area contributed by atoms with E-state index in [1.165, 1.54) is 0 Å². The molecule has 0 saturated heterocycles. The van der Waals surface area contributed by atoms with E-state index < -0.39 is 0 Å². The van der Waals surface area contributed by atoms with Gasteiger partial charge in [0.2, 0.25) is 6.41 Å². The maximum atomic E-state index is 10.8. The van der Waals surface area contributed by atoms with Crippen molar-refractivity contribution in [3.63, 3.8) is 0 Å². The smallest absolute Gasteiger partial charge is 0.225 e. The summed E-state index contributed by atoms with van der Waals surface area (Å²) in [6.07, 6.45) is 1.02. The molecule has 6 nitrogen and oxygen atoms in total. The van der Waals surface area contributed by atoms with Gasteiger partial charge in [0.15, 0.2) is 12.0 Å². The molecule has 1 rings (SSSR count). The Morgan fingerprint density at radius 1 is 1.28 bits per heavy atom. The molecule has 0 aliphatic heterocycles. The van der Waals surface area contributed by atoms with Crippen molar-refractivity contribution in [3.05, 3.63) is 17.7 Å². The number of carbonyl (C=O) groups is 2. The number of hydrogen-bond acceptors (Lipinski definition) is 5. The Morgan fingerprint density at radius 3 is 2.44 bits per heavy atom. The molecule has 0 saturated carbocycles. The van der Waals surface area contributed by atoms with Gasteiger partial charge in [-0.2, -0.15) is 0 Å². The van der Waals surface area contributed by atoms with Crippen LogP contribution in [0.4, 0.5) is 11.4 Å². The Kier molecular flexibility index (Phi) is 4.98. The first kappa shape index (κ1) is 13.8. The van der Waals surface area contributed by atoms with E-state index in [0.717, 1.165) is 18.8 Å². The maximum absolute atomic E-state index is 10.8. The fourth-order valence-corrected chi connectivity index (χ4v) is 1.74. The van der Waals surface area contributed by atoms with Gasteiger partial charge >= 0.3 is 0 Å². The lowest BCUT2D eigenvalue weighted by atomic mass is 10.1. The SMILES string of the molecule is CCN(CC)c1ccc(C=O)c(O)c1NNC=O. The summed E-state index contributed by atoms with van der Waals surface area (Å²) >= 11 is 0. The summed E-state index contributed by atoms with van der Waals surface area (Å²) in [5, 5.41) is 9.96. The van der Waals surface area contributed by atoms with E-state index in [1.54, 1.807) is 12.1 Å². The minimum Gasteiger partial charge on any atom is -0.505 e. The zero-order valence-corrected chi connectivity index (χ0v) is 10.4. The predicted molar refractivity (Wildman–Crippen MR) is 69.9 cm³/mol. The molecule has 0 spiro atoms. The number of aromatic hydroxyl groups is 1. The molecule has 0 radical (unpaired) electrons. The van der Waals surface area contributed by atoms with Crippen LogP contribution in [0.2, 0.25) is 0 Å². The topological polar surface area (TPSA) is 81.7 Å². The van der Waals surface area contributed by atoms with Crippen molar-refractivity contribution in [2.75, 3.05) is 23.4 Å². The number of nitrogens with one attached hydrogen (secondary N) is 2. The van der Waals surface area contributed by atoms with Crippen LogP contribution in [0, 0.1) is 0 Å². The van der Waals surface area contributed by atoms with Gasteiger partial charge in [-0.05, 0) is 26.0 Å². The molecule has 0 heterocycles. The van der Waals surface area contributed by atoms with Crippen molar-refractivity contribution in [3.8, 4) is 5.75 Å². The van der Waals surface area contributed by atoms with E-state index in [-0.39, 0.29) is 11.3 Å². The second-order valence-electron chi connectivity index (χ2n) is 3.57. The first-order chi connectivity index (χ1) is 8.69. The molecule has 18 heavy (non-hydrogen) atoms. The van der Waals surface area contributed by atoms with Gasteiger partial charge in [-0.1, -0.05) is 0 Å². The van der Waals surface area contributed by atoms with E-state index in [4.69, 9.17) is 0 Å². The largest absolute Gasteiger partial charge is 0.505 e. The van der Waals surface area contributed by atoms with Crippen molar-refractivity contribution in [1.29, 1.82) is 0 Å². The van der Waals surface area contributed by atoms with Crippen LogP contribution in [0.1, 0.15) is 24.2 Å². The van der Waals surface area contributed by atoms with Gasteiger partial charge < -0.3 is 10.0 Å². The highest BCUT2D eigenvalue weighted by molar-refractivity contribution is 5.89. The zero-order valence-electron chi connectivity index (χ0n) is 10.4. The second kappa shape index (κ2) is 6.48. The molecular weight excluding hydrogens is 234 g/mol. The van der Waals surface area contributed by atoms with Crippen molar-refractivity contribution in [2.45, 2.75) is 13.8 Å². The zero-order chi connectivity index (χ0) is 13.5. The fraction of sp³-hybridized carbons (Fsp3) is 0.333. The van der Waals surface area contributed by atoms with Crippen molar-refractivity contribution < 1.29 is 14.7 Å². The lowest BCUT2D eigenvalue weighted by Crippen LogP contribution is -2.26. The summed E-state index contributed by atoms with van der Waals surface area (Å²) in [6.45, 7) is 5.44. The number of amides is 1. The Morgan fingerprint density at radius 2 is 1.94 bits per heavy atom. The number of carbonyl (C=O) groups excluding carboxylic acids is 2. The molecule has 3 N–H and O–H groups in total. The molecule has 0 bridgehead atoms. The molecule has 1 aromatic carbocycles. The molecule has 1 aromatic rings. The molecule has 98 valence electrons. The lowest BCUT2D eigenvalue weighted by molar-refractivity contribution is -0.109. The van der Waals surface area contributed by atoms with E-state index in [0.29, 0.717) is 18.4 Å². The fourth-order valence-electron chi connectivity index (χ4n) is 1.74. The summed E-state index contributed by atoms with van der Waals surface area (Å²) in [5.74, 6) is -0.177. The molecule has 1 amide bonds. The average Bonchev–Trinajstić information content (AvgIpc) is 2.39. The van der Waals surface area contributed by atoms with Gasteiger partial charge in [0.1, 0.15) is 5.69 Å². The second-order valence-corrected chi connectivity index (χ2v) is 3.57. The van der Waals surface area contributed by atoms with Crippen LogP contribution < -0.4 is 15.8 Å². The Labute approximate surface area is 106 Å². The summed E-state index contributed by atoms with van der Waals surface area (Å²) in [7, 11) is 0. The van der Waals surface area contributed by atoms with E-state index in [2.05, 4.69) is 10.9 Å². The molecule has 0 aliphatic rings. The van der Waals surface area contributed by atoms with Crippen LogP contribution in [0.15, 0.2) is 12.1 Å². The highest BCUT2D eigenvalue weighted by Gasteiger charge is 2.15. The van der Waals surface area contributed by atoms with E-state index in [9.17, 15) is 14.7 Å². The van der Waals surface area contributed by atoms with Gasteiger partial charge in [0, 0.05) is 13.1 Å². The van der Waals surface area contributed by atoms with Crippen molar-refractivity contribution in [1.82, 2.24) is 5.43 Å². The number of phenolic OH excluding ortho intramolecular Hbond substituents is 1. The van der Waals surface area contributed by atoms with E-state index >= 15 is 0 Å². The molecule has 0 aromatic heterocycles. The average molecular weight is 251 g/mol. The van der Waals surface area contributed by atoms with Crippen molar-refractivity contribution in [2.24, 2.45) is 0 Å².